The number of hydrogen-bond acceptors (Lipinski definition) is 3. The Kier molecular flexibility index (Phi) is 4.77. The molecule has 0 aromatic heterocycles. The highest BCUT2D eigenvalue weighted by Crippen LogP contribution is 2.26. The van der Waals surface area contributed by atoms with Crippen LogP contribution in [0.5, 0.6) is 0 Å². The van der Waals surface area contributed by atoms with Crippen molar-refractivity contribution in [3.05, 3.63) is 83.7 Å². The van der Waals surface area contributed by atoms with Gasteiger partial charge in [0.2, 0.25) is 0 Å². The molecule has 3 N–H and O–H groups in total. The van der Waals surface area contributed by atoms with E-state index in [1.54, 1.807) is 12.1 Å². The summed E-state index contributed by atoms with van der Waals surface area (Å²) in [6.45, 7) is 2.47. The molecule has 24 heavy (non-hydrogen) atoms. The van der Waals surface area contributed by atoms with Gasteiger partial charge in [-0.25, -0.2) is 4.39 Å². The zero-order valence-electron chi connectivity index (χ0n) is 13.4. The van der Waals surface area contributed by atoms with E-state index in [0.717, 1.165) is 22.4 Å². The van der Waals surface area contributed by atoms with Crippen LogP contribution in [0.25, 0.3) is 11.1 Å². The first-order chi connectivity index (χ1) is 11.7. The standard InChI is InChI=1S/C20H19FN2O/c1-14-12-16(15-6-9-18(23-24)10-7-15)8-11-20(14)22-13-17-4-2-3-5-19(17)21/h2-12,22-24H,13H2,1H3. The molecule has 122 valence electrons. The van der Waals surface area contributed by atoms with Crippen LogP contribution in [0.3, 0.4) is 0 Å². The Balaban J connectivity index is 1.75. The zero-order chi connectivity index (χ0) is 16.9. The van der Waals surface area contributed by atoms with Crippen molar-refractivity contribution in [3.63, 3.8) is 0 Å². The van der Waals surface area contributed by atoms with Crippen molar-refractivity contribution in [1.29, 1.82) is 0 Å². The van der Waals surface area contributed by atoms with Crippen LogP contribution < -0.4 is 10.8 Å². The Morgan fingerprint density at radius 1 is 0.917 bits per heavy atom. The largest absolute Gasteiger partial charge is 0.381 e. The summed E-state index contributed by atoms with van der Waals surface area (Å²) in [4.78, 5) is 0. The minimum Gasteiger partial charge on any atom is -0.381 e. The van der Waals surface area contributed by atoms with Gasteiger partial charge in [-0.3, -0.25) is 10.7 Å². The summed E-state index contributed by atoms with van der Waals surface area (Å²) in [6.07, 6.45) is 0. The van der Waals surface area contributed by atoms with Crippen molar-refractivity contribution in [2.24, 2.45) is 0 Å². The number of benzene rings is 3. The molecule has 3 nitrogen and oxygen atoms in total. The third-order valence-corrected chi connectivity index (χ3v) is 4.00. The first-order valence-electron chi connectivity index (χ1n) is 7.76. The van der Waals surface area contributed by atoms with E-state index in [9.17, 15) is 4.39 Å². The fourth-order valence-corrected chi connectivity index (χ4v) is 2.61. The Labute approximate surface area is 140 Å². The maximum Gasteiger partial charge on any atom is 0.128 e. The van der Waals surface area contributed by atoms with Gasteiger partial charge in [-0.15, -0.1) is 0 Å². The molecule has 0 saturated heterocycles. The molecule has 0 saturated carbocycles. The molecule has 3 aromatic carbocycles. The molecule has 0 fully saturated rings. The summed E-state index contributed by atoms with van der Waals surface area (Å²) in [5.41, 5.74) is 7.65. The molecule has 0 heterocycles. The van der Waals surface area contributed by atoms with E-state index < -0.39 is 0 Å². The van der Waals surface area contributed by atoms with Crippen molar-refractivity contribution in [2.75, 3.05) is 10.8 Å². The molecule has 0 aliphatic heterocycles. The number of nitrogens with one attached hydrogen (secondary N) is 2. The Morgan fingerprint density at radius 3 is 2.29 bits per heavy atom. The third-order valence-electron chi connectivity index (χ3n) is 4.00. The van der Waals surface area contributed by atoms with Crippen LogP contribution >= 0.6 is 0 Å². The van der Waals surface area contributed by atoms with Gasteiger partial charge in [-0.05, 0) is 53.9 Å². The van der Waals surface area contributed by atoms with Gasteiger partial charge in [0.1, 0.15) is 5.82 Å². The molecule has 0 spiro atoms. The summed E-state index contributed by atoms with van der Waals surface area (Å²) < 4.78 is 13.7. The predicted molar refractivity (Wildman–Crippen MR) is 95.8 cm³/mol. The van der Waals surface area contributed by atoms with Gasteiger partial charge in [0.15, 0.2) is 0 Å². The van der Waals surface area contributed by atoms with Crippen molar-refractivity contribution < 1.29 is 9.60 Å². The molecule has 0 aliphatic rings. The fourth-order valence-electron chi connectivity index (χ4n) is 2.61. The topological polar surface area (TPSA) is 44.3 Å². The second kappa shape index (κ2) is 7.15. The maximum absolute atomic E-state index is 13.7. The maximum atomic E-state index is 13.7. The molecule has 3 rings (SSSR count). The molecule has 0 unspecified atom stereocenters. The molecule has 4 heteroatoms. The average Bonchev–Trinajstić information content (AvgIpc) is 2.62. The van der Waals surface area contributed by atoms with Crippen LogP contribution in [0.4, 0.5) is 15.8 Å². The van der Waals surface area contributed by atoms with E-state index in [1.165, 1.54) is 6.07 Å². The second-order valence-corrected chi connectivity index (χ2v) is 5.66. The lowest BCUT2D eigenvalue weighted by Gasteiger charge is -2.12. The second-order valence-electron chi connectivity index (χ2n) is 5.66. The number of aryl methyl sites for hydroxylation is 1. The van der Waals surface area contributed by atoms with Gasteiger partial charge < -0.3 is 5.32 Å². The van der Waals surface area contributed by atoms with E-state index in [2.05, 4.69) is 16.9 Å². The van der Waals surface area contributed by atoms with Gasteiger partial charge in [-0.2, -0.15) is 0 Å². The van der Waals surface area contributed by atoms with Crippen LogP contribution in [-0.4, -0.2) is 5.21 Å². The normalized spacial score (nSPS) is 10.5. The quantitative estimate of drug-likeness (QED) is 0.565. The number of halogens is 1. The van der Waals surface area contributed by atoms with E-state index in [4.69, 9.17) is 5.21 Å². The van der Waals surface area contributed by atoms with Crippen LogP contribution in [-0.2, 0) is 6.54 Å². The van der Waals surface area contributed by atoms with Crippen molar-refractivity contribution in [3.8, 4) is 11.1 Å². The van der Waals surface area contributed by atoms with Crippen molar-refractivity contribution >= 4 is 11.4 Å². The number of hydrogen-bond donors (Lipinski definition) is 3. The molecule has 0 amide bonds. The smallest absolute Gasteiger partial charge is 0.128 e. The minimum absolute atomic E-state index is 0.197. The molecular formula is C20H19FN2O. The first kappa shape index (κ1) is 16.0. The van der Waals surface area contributed by atoms with E-state index in [1.807, 2.05) is 49.4 Å². The lowest BCUT2D eigenvalue weighted by molar-refractivity contribution is 0.389. The first-order valence-corrected chi connectivity index (χ1v) is 7.76. The van der Waals surface area contributed by atoms with E-state index in [0.29, 0.717) is 17.8 Å². The van der Waals surface area contributed by atoms with Crippen LogP contribution in [0.2, 0.25) is 0 Å². The lowest BCUT2D eigenvalue weighted by Crippen LogP contribution is -2.03. The highest BCUT2D eigenvalue weighted by molar-refractivity contribution is 5.70. The summed E-state index contributed by atoms with van der Waals surface area (Å²) in [7, 11) is 0. The van der Waals surface area contributed by atoms with Gasteiger partial charge in [0, 0.05) is 17.8 Å². The molecular weight excluding hydrogens is 303 g/mol. The molecule has 0 aliphatic carbocycles. The van der Waals surface area contributed by atoms with Crippen LogP contribution in [0.15, 0.2) is 66.7 Å². The van der Waals surface area contributed by atoms with Crippen LogP contribution in [0, 0.1) is 12.7 Å². The summed E-state index contributed by atoms with van der Waals surface area (Å²) in [5, 5.41) is 12.2. The van der Waals surface area contributed by atoms with Gasteiger partial charge in [0.05, 0.1) is 5.69 Å². The van der Waals surface area contributed by atoms with Gasteiger partial charge in [-0.1, -0.05) is 36.4 Å². The zero-order valence-corrected chi connectivity index (χ0v) is 13.4. The average molecular weight is 322 g/mol. The Morgan fingerprint density at radius 2 is 1.62 bits per heavy atom. The molecule has 0 bridgehead atoms. The summed E-state index contributed by atoms with van der Waals surface area (Å²) in [6, 6.07) is 20.4. The number of anilines is 2. The summed E-state index contributed by atoms with van der Waals surface area (Å²) in [5.74, 6) is -0.197. The van der Waals surface area contributed by atoms with Gasteiger partial charge >= 0.3 is 0 Å². The highest BCUT2D eigenvalue weighted by Gasteiger charge is 2.05. The van der Waals surface area contributed by atoms with E-state index >= 15 is 0 Å². The van der Waals surface area contributed by atoms with Crippen molar-refractivity contribution in [2.45, 2.75) is 13.5 Å². The lowest BCUT2D eigenvalue weighted by atomic mass is 10.0. The van der Waals surface area contributed by atoms with Crippen molar-refractivity contribution in [1.82, 2.24) is 0 Å². The predicted octanol–water partition coefficient (Wildman–Crippen LogP) is 5.21. The highest BCUT2D eigenvalue weighted by atomic mass is 19.1. The monoisotopic (exact) mass is 322 g/mol. The fraction of sp³-hybridized carbons (Fsp3) is 0.100. The minimum atomic E-state index is -0.197. The Bertz CT molecular complexity index is 831. The summed E-state index contributed by atoms with van der Waals surface area (Å²) >= 11 is 0. The molecule has 0 radical (unpaired) electrons. The van der Waals surface area contributed by atoms with Crippen LogP contribution in [0.1, 0.15) is 11.1 Å². The molecule has 3 aromatic rings. The SMILES string of the molecule is Cc1cc(-c2ccc(NO)cc2)ccc1NCc1ccccc1F. The number of rotatable bonds is 5. The Hall–Kier alpha value is -2.85. The third kappa shape index (κ3) is 3.55. The molecule has 0 atom stereocenters. The van der Waals surface area contributed by atoms with E-state index in [-0.39, 0.29) is 5.82 Å². The van der Waals surface area contributed by atoms with Gasteiger partial charge in [0.25, 0.3) is 0 Å².